The summed E-state index contributed by atoms with van der Waals surface area (Å²) in [4.78, 5) is 36.7. The van der Waals surface area contributed by atoms with Gasteiger partial charge in [0.25, 0.3) is 5.91 Å². The Balaban J connectivity index is 1.39. The largest absolute Gasteiger partial charge is 0.361 e. The quantitative estimate of drug-likeness (QED) is 0.417. The number of nitrogens with zero attached hydrogens (tertiary/aromatic N) is 2. The lowest BCUT2D eigenvalue weighted by molar-refractivity contribution is -0.120. The molecular weight excluding hydrogens is 409 g/mol. The van der Waals surface area contributed by atoms with Gasteiger partial charge in [-0.15, -0.1) is 0 Å². The molecule has 4 aromatic rings. The number of hydrogen-bond acceptors (Lipinski definition) is 4. The minimum Gasteiger partial charge on any atom is -0.361 e. The molecule has 0 fully saturated rings. The highest BCUT2D eigenvalue weighted by molar-refractivity contribution is 6.04. The van der Waals surface area contributed by atoms with Crippen LogP contribution >= 0.6 is 0 Å². The number of aryl methyl sites for hydroxylation is 1. The van der Waals surface area contributed by atoms with E-state index >= 15 is 0 Å². The molecule has 0 radical (unpaired) electrons. The van der Waals surface area contributed by atoms with E-state index < -0.39 is 11.7 Å². The molecule has 2 aromatic carbocycles. The minimum atomic E-state index is -0.528. The van der Waals surface area contributed by atoms with Gasteiger partial charge in [0.2, 0.25) is 5.91 Å². The molecule has 0 saturated carbocycles. The number of rotatable bonds is 7. The van der Waals surface area contributed by atoms with E-state index in [9.17, 15) is 14.0 Å². The fourth-order valence-electron chi connectivity index (χ4n) is 3.48. The summed E-state index contributed by atoms with van der Waals surface area (Å²) in [6, 6.07) is 13.7. The predicted octanol–water partition coefficient (Wildman–Crippen LogP) is 3.56. The highest BCUT2D eigenvalue weighted by Gasteiger charge is 2.16. The van der Waals surface area contributed by atoms with E-state index in [0.717, 1.165) is 16.5 Å². The highest BCUT2D eigenvalue weighted by atomic mass is 19.1. The number of halogens is 1. The average Bonchev–Trinajstić information content (AvgIpc) is 3.18. The van der Waals surface area contributed by atoms with Crippen molar-refractivity contribution in [2.75, 3.05) is 11.9 Å². The van der Waals surface area contributed by atoms with Crippen molar-refractivity contribution >= 4 is 28.4 Å². The van der Waals surface area contributed by atoms with Crippen molar-refractivity contribution in [3.63, 3.8) is 0 Å². The maximum atomic E-state index is 13.9. The summed E-state index contributed by atoms with van der Waals surface area (Å²) < 4.78 is 13.9. The van der Waals surface area contributed by atoms with Crippen LogP contribution in [0.1, 0.15) is 27.4 Å². The molecule has 0 bridgehead atoms. The fraction of sp³-hybridized carbons (Fsp3) is 0.167. The third-order valence-corrected chi connectivity index (χ3v) is 5.06. The number of hydrogen-bond donors (Lipinski definition) is 3. The number of carbonyl (C=O) groups excluding carboxylic acids is 2. The summed E-state index contributed by atoms with van der Waals surface area (Å²) in [6.07, 6.45) is 3.83. The zero-order chi connectivity index (χ0) is 22.5. The van der Waals surface area contributed by atoms with Crippen LogP contribution in [-0.4, -0.2) is 33.3 Å². The molecule has 7 nitrogen and oxygen atoms in total. The van der Waals surface area contributed by atoms with Gasteiger partial charge in [-0.05, 0) is 30.7 Å². The standard InChI is InChI=1S/C24H22FN5O2/c1-15-27-14-18(24(32)30-22-9-5-3-7-19(22)25)21(29-15)10-11-26-23(31)12-16-13-28-20-8-4-2-6-17(16)20/h2-9,13-14,28H,10-12H2,1H3,(H,26,31)(H,30,32). The molecular formula is C24H22FN5O2. The number of H-pyrrole nitrogens is 1. The Morgan fingerprint density at radius 3 is 2.72 bits per heavy atom. The summed E-state index contributed by atoms with van der Waals surface area (Å²) in [7, 11) is 0. The van der Waals surface area contributed by atoms with E-state index in [1.165, 1.54) is 18.3 Å². The second-order valence-corrected chi connectivity index (χ2v) is 7.35. The number of benzene rings is 2. The van der Waals surface area contributed by atoms with Crippen LogP contribution in [-0.2, 0) is 17.6 Å². The van der Waals surface area contributed by atoms with Gasteiger partial charge in [-0.25, -0.2) is 14.4 Å². The van der Waals surface area contributed by atoms with Crippen molar-refractivity contribution in [1.82, 2.24) is 20.3 Å². The molecule has 32 heavy (non-hydrogen) atoms. The van der Waals surface area contributed by atoms with Gasteiger partial charge in [0.15, 0.2) is 0 Å². The minimum absolute atomic E-state index is 0.0797. The van der Waals surface area contributed by atoms with Crippen LogP contribution in [0.2, 0.25) is 0 Å². The molecule has 162 valence electrons. The lowest BCUT2D eigenvalue weighted by atomic mass is 10.1. The summed E-state index contributed by atoms with van der Waals surface area (Å²) in [5.41, 5.74) is 2.71. The first-order valence-corrected chi connectivity index (χ1v) is 10.2. The van der Waals surface area contributed by atoms with E-state index in [1.54, 1.807) is 19.1 Å². The Kier molecular flexibility index (Phi) is 6.21. The molecule has 0 atom stereocenters. The molecule has 8 heteroatoms. The van der Waals surface area contributed by atoms with Crippen LogP contribution in [0.25, 0.3) is 10.9 Å². The van der Waals surface area contributed by atoms with Gasteiger partial charge in [0.1, 0.15) is 11.6 Å². The van der Waals surface area contributed by atoms with Crippen LogP contribution in [0, 0.1) is 12.7 Å². The van der Waals surface area contributed by atoms with Gasteiger partial charge in [-0.3, -0.25) is 9.59 Å². The van der Waals surface area contributed by atoms with E-state index in [0.29, 0.717) is 24.5 Å². The molecule has 3 N–H and O–H groups in total. The van der Waals surface area contributed by atoms with Crippen molar-refractivity contribution < 1.29 is 14.0 Å². The van der Waals surface area contributed by atoms with Crippen LogP contribution < -0.4 is 10.6 Å². The summed E-state index contributed by atoms with van der Waals surface area (Å²) in [5.74, 6) is -0.652. The maximum absolute atomic E-state index is 13.9. The SMILES string of the molecule is Cc1ncc(C(=O)Nc2ccccc2F)c(CCNC(=O)Cc2c[nH]c3ccccc23)n1. The monoisotopic (exact) mass is 431 g/mol. The van der Waals surface area contributed by atoms with Gasteiger partial charge < -0.3 is 15.6 Å². The van der Waals surface area contributed by atoms with Crippen molar-refractivity contribution in [3.05, 3.63) is 89.4 Å². The van der Waals surface area contributed by atoms with Gasteiger partial charge in [-0.1, -0.05) is 30.3 Å². The van der Waals surface area contributed by atoms with E-state index in [2.05, 4.69) is 25.6 Å². The van der Waals surface area contributed by atoms with Crippen LogP contribution in [0.4, 0.5) is 10.1 Å². The second-order valence-electron chi connectivity index (χ2n) is 7.35. The molecule has 0 aliphatic heterocycles. The van der Waals surface area contributed by atoms with Crippen molar-refractivity contribution in [2.24, 2.45) is 0 Å². The smallest absolute Gasteiger partial charge is 0.259 e. The summed E-state index contributed by atoms with van der Waals surface area (Å²) >= 11 is 0. The predicted molar refractivity (Wildman–Crippen MR) is 120 cm³/mol. The van der Waals surface area contributed by atoms with E-state index in [4.69, 9.17) is 0 Å². The average molecular weight is 431 g/mol. The third kappa shape index (κ3) is 4.80. The number of amides is 2. The number of fused-ring (bicyclic) bond motifs is 1. The molecule has 0 unspecified atom stereocenters. The van der Waals surface area contributed by atoms with Crippen LogP contribution in [0.5, 0.6) is 0 Å². The van der Waals surface area contributed by atoms with Crippen LogP contribution in [0.3, 0.4) is 0 Å². The Morgan fingerprint density at radius 1 is 1.09 bits per heavy atom. The van der Waals surface area contributed by atoms with Gasteiger partial charge in [0, 0.05) is 36.3 Å². The summed E-state index contributed by atoms with van der Waals surface area (Å²) in [6.45, 7) is 2.02. The lowest BCUT2D eigenvalue weighted by Crippen LogP contribution is -2.28. The number of para-hydroxylation sites is 2. The first-order chi connectivity index (χ1) is 15.5. The van der Waals surface area contributed by atoms with Gasteiger partial charge >= 0.3 is 0 Å². The number of aromatic nitrogens is 3. The van der Waals surface area contributed by atoms with Crippen LogP contribution in [0.15, 0.2) is 60.9 Å². The van der Waals surface area contributed by atoms with E-state index in [1.807, 2.05) is 30.5 Å². The summed E-state index contributed by atoms with van der Waals surface area (Å²) in [5, 5.41) is 6.44. The first kappa shape index (κ1) is 21.2. The van der Waals surface area contributed by atoms with Crippen molar-refractivity contribution in [3.8, 4) is 0 Å². The van der Waals surface area contributed by atoms with Crippen molar-refractivity contribution in [2.45, 2.75) is 19.8 Å². The zero-order valence-corrected chi connectivity index (χ0v) is 17.5. The van der Waals surface area contributed by atoms with Gasteiger partial charge in [0.05, 0.1) is 23.4 Å². The normalized spacial score (nSPS) is 10.8. The number of carbonyl (C=O) groups is 2. The Hall–Kier alpha value is -4.07. The Morgan fingerprint density at radius 2 is 1.88 bits per heavy atom. The topological polar surface area (TPSA) is 99.8 Å². The Bertz CT molecular complexity index is 1280. The Labute approximate surface area is 184 Å². The lowest BCUT2D eigenvalue weighted by Gasteiger charge is -2.11. The van der Waals surface area contributed by atoms with E-state index in [-0.39, 0.29) is 23.6 Å². The first-order valence-electron chi connectivity index (χ1n) is 10.2. The second kappa shape index (κ2) is 9.38. The fourth-order valence-corrected chi connectivity index (χ4v) is 3.48. The molecule has 0 aliphatic rings. The number of anilines is 1. The number of aromatic amines is 1. The molecule has 0 spiro atoms. The highest BCUT2D eigenvalue weighted by Crippen LogP contribution is 2.18. The maximum Gasteiger partial charge on any atom is 0.259 e. The molecule has 2 heterocycles. The third-order valence-electron chi connectivity index (χ3n) is 5.06. The van der Waals surface area contributed by atoms with Gasteiger partial charge in [-0.2, -0.15) is 0 Å². The molecule has 2 amide bonds. The molecule has 0 aliphatic carbocycles. The molecule has 4 rings (SSSR count). The molecule has 2 aromatic heterocycles. The number of nitrogens with one attached hydrogen (secondary N) is 3. The molecule has 0 saturated heterocycles. The van der Waals surface area contributed by atoms with Crippen molar-refractivity contribution in [1.29, 1.82) is 0 Å². The zero-order valence-electron chi connectivity index (χ0n) is 17.5.